The maximum Gasteiger partial charge on any atom is 0.277 e. The zero-order valence-corrected chi connectivity index (χ0v) is 18.0. The number of aromatic nitrogens is 1. The maximum absolute atomic E-state index is 12.0. The summed E-state index contributed by atoms with van der Waals surface area (Å²) in [7, 11) is 0. The van der Waals surface area contributed by atoms with E-state index in [-0.39, 0.29) is 6.61 Å². The van der Waals surface area contributed by atoms with Crippen molar-refractivity contribution in [1.82, 2.24) is 9.99 Å². The molecule has 0 aliphatic heterocycles. The monoisotopic (exact) mass is 449 g/mol. The highest BCUT2D eigenvalue weighted by Gasteiger charge is 2.10. The SMILES string of the molecule is Cc1cc(/C=N\NC(=O)COc2ccc(Cl)cc2Cl)c(C)n1-c1cccc(Cl)c1. The third-order valence-electron chi connectivity index (χ3n) is 4.18. The Labute approximate surface area is 183 Å². The van der Waals surface area contributed by atoms with E-state index in [1.165, 1.54) is 0 Å². The zero-order valence-electron chi connectivity index (χ0n) is 15.7. The predicted octanol–water partition coefficient (Wildman–Crippen LogP) is 5.58. The van der Waals surface area contributed by atoms with Crippen LogP contribution in [0.2, 0.25) is 15.1 Å². The summed E-state index contributed by atoms with van der Waals surface area (Å²) in [6.07, 6.45) is 1.59. The Kier molecular flexibility index (Phi) is 6.85. The zero-order chi connectivity index (χ0) is 21.0. The van der Waals surface area contributed by atoms with Gasteiger partial charge in [0, 0.05) is 32.7 Å². The standard InChI is InChI=1S/C21H18Cl3N3O2/c1-13-8-15(14(2)27(13)18-5-3-4-16(22)9-18)11-25-26-21(28)12-29-20-7-6-17(23)10-19(20)24/h3-11H,12H2,1-2H3,(H,26,28)/b25-11-. The number of nitrogens with one attached hydrogen (secondary N) is 1. The number of amides is 1. The number of hydrogen-bond acceptors (Lipinski definition) is 3. The summed E-state index contributed by atoms with van der Waals surface area (Å²) >= 11 is 17.9. The van der Waals surface area contributed by atoms with E-state index in [2.05, 4.69) is 15.1 Å². The topological polar surface area (TPSA) is 55.6 Å². The summed E-state index contributed by atoms with van der Waals surface area (Å²) in [6, 6.07) is 14.4. The van der Waals surface area contributed by atoms with Crippen LogP contribution >= 0.6 is 34.8 Å². The van der Waals surface area contributed by atoms with Crippen molar-refractivity contribution in [2.24, 2.45) is 5.10 Å². The minimum Gasteiger partial charge on any atom is -0.482 e. The number of carbonyl (C=O) groups excluding carboxylic acids is 1. The molecule has 0 unspecified atom stereocenters. The van der Waals surface area contributed by atoms with E-state index in [1.807, 2.05) is 44.2 Å². The van der Waals surface area contributed by atoms with Crippen LogP contribution in [0.4, 0.5) is 0 Å². The van der Waals surface area contributed by atoms with E-state index in [0.717, 1.165) is 22.6 Å². The first-order valence-electron chi connectivity index (χ1n) is 8.70. The second-order valence-corrected chi connectivity index (χ2v) is 7.58. The fourth-order valence-corrected chi connectivity index (χ4v) is 3.52. The van der Waals surface area contributed by atoms with E-state index >= 15 is 0 Å². The average molecular weight is 451 g/mol. The maximum atomic E-state index is 12.0. The Morgan fingerprint density at radius 3 is 2.59 bits per heavy atom. The first kappa shape index (κ1) is 21.2. The Hall–Kier alpha value is -2.47. The molecule has 1 heterocycles. The van der Waals surface area contributed by atoms with Gasteiger partial charge in [0.05, 0.1) is 11.2 Å². The molecule has 0 aliphatic carbocycles. The first-order valence-corrected chi connectivity index (χ1v) is 9.83. The van der Waals surface area contributed by atoms with Gasteiger partial charge < -0.3 is 9.30 Å². The van der Waals surface area contributed by atoms with E-state index < -0.39 is 5.91 Å². The smallest absolute Gasteiger partial charge is 0.277 e. The van der Waals surface area contributed by atoms with Crippen molar-refractivity contribution in [1.29, 1.82) is 0 Å². The number of aryl methyl sites for hydroxylation is 1. The van der Waals surface area contributed by atoms with Crippen LogP contribution < -0.4 is 10.2 Å². The molecule has 0 aliphatic rings. The number of nitrogens with zero attached hydrogens (tertiary/aromatic N) is 2. The van der Waals surface area contributed by atoms with Crippen molar-refractivity contribution in [3.63, 3.8) is 0 Å². The molecule has 150 valence electrons. The van der Waals surface area contributed by atoms with Crippen molar-refractivity contribution < 1.29 is 9.53 Å². The van der Waals surface area contributed by atoms with E-state index in [9.17, 15) is 4.79 Å². The fraction of sp³-hybridized carbons (Fsp3) is 0.143. The number of carbonyl (C=O) groups is 1. The average Bonchev–Trinajstić information content (AvgIpc) is 2.94. The Bertz CT molecular complexity index is 1080. The normalized spacial score (nSPS) is 11.1. The van der Waals surface area contributed by atoms with Gasteiger partial charge in [-0.2, -0.15) is 5.10 Å². The van der Waals surface area contributed by atoms with E-state index in [4.69, 9.17) is 39.5 Å². The summed E-state index contributed by atoms with van der Waals surface area (Å²) in [5.41, 5.74) is 6.29. The molecule has 29 heavy (non-hydrogen) atoms. The lowest BCUT2D eigenvalue weighted by Gasteiger charge is -2.09. The summed E-state index contributed by atoms with van der Waals surface area (Å²) in [5.74, 6) is -0.0313. The molecule has 8 heteroatoms. The highest BCUT2D eigenvalue weighted by Crippen LogP contribution is 2.27. The second-order valence-electron chi connectivity index (χ2n) is 6.30. The van der Waals surface area contributed by atoms with E-state index in [1.54, 1.807) is 24.4 Å². The Morgan fingerprint density at radius 1 is 1.10 bits per heavy atom. The highest BCUT2D eigenvalue weighted by atomic mass is 35.5. The van der Waals surface area contributed by atoms with Crippen LogP contribution in [0.1, 0.15) is 17.0 Å². The molecule has 3 aromatic rings. The minimum absolute atomic E-state index is 0.222. The summed E-state index contributed by atoms with van der Waals surface area (Å²) in [4.78, 5) is 12.0. The lowest BCUT2D eigenvalue weighted by atomic mass is 10.2. The van der Waals surface area contributed by atoms with Gasteiger partial charge in [-0.05, 0) is 56.3 Å². The quantitative estimate of drug-likeness (QED) is 0.393. The fourth-order valence-electron chi connectivity index (χ4n) is 2.87. The van der Waals surface area contributed by atoms with Crippen molar-refractivity contribution in [3.8, 4) is 11.4 Å². The second kappa shape index (κ2) is 9.35. The molecule has 0 saturated carbocycles. The number of benzene rings is 2. The van der Waals surface area contributed by atoms with Crippen LogP contribution in [0.3, 0.4) is 0 Å². The van der Waals surface area contributed by atoms with Gasteiger partial charge in [0.2, 0.25) is 0 Å². The third kappa shape index (κ3) is 5.32. The van der Waals surface area contributed by atoms with Crippen LogP contribution in [-0.4, -0.2) is 23.3 Å². The number of rotatable bonds is 6. The summed E-state index contributed by atoms with van der Waals surface area (Å²) in [5, 5.41) is 5.51. The summed E-state index contributed by atoms with van der Waals surface area (Å²) in [6.45, 7) is 3.75. The van der Waals surface area contributed by atoms with Gasteiger partial charge in [-0.25, -0.2) is 5.43 Å². The van der Waals surface area contributed by atoms with Gasteiger partial charge in [-0.15, -0.1) is 0 Å². The molecular weight excluding hydrogens is 433 g/mol. The van der Waals surface area contributed by atoms with Crippen LogP contribution in [0.15, 0.2) is 53.6 Å². The van der Waals surface area contributed by atoms with Crippen molar-refractivity contribution in [2.75, 3.05) is 6.61 Å². The minimum atomic E-state index is -0.407. The Balaban J connectivity index is 1.63. The number of halogens is 3. The van der Waals surface area contributed by atoms with Gasteiger partial charge in [-0.1, -0.05) is 40.9 Å². The molecule has 0 fully saturated rings. The number of hydrogen-bond donors (Lipinski definition) is 1. The van der Waals surface area contributed by atoms with Gasteiger partial charge in [0.15, 0.2) is 6.61 Å². The molecule has 3 rings (SSSR count). The van der Waals surface area contributed by atoms with Gasteiger partial charge in [-0.3, -0.25) is 4.79 Å². The molecule has 1 N–H and O–H groups in total. The molecule has 1 amide bonds. The van der Waals surface area contributed by atoms with Gasteiger partial charge >= 0.3 is 0 Å². The van der Waals surface area contributed by atoms with Crippen LogP contribution in [-0.2, 0) is 4.79 Å². The highest BCUT2D eigenvalue weighted by molar-refractivity contribution is 6.35. The molecular formula is C21H18Cl3N3O2. The Morgan fingerprint density at radius 2 is 1.86 bits per heavy atom. The number of ether oxygens (including phenoxy) is 1. The largest absolute Gasteiger partial charge is 0.482 e. The lowest BCUT2D eigenvalue weighted by Crippen LogP contribution is -2.24. The van der Waals surface area contributed by atoms with Crippen molar-refractivity contribution in [2.45, 2.75) is 13.8 Å². The molecule has 1 aromatic heterocycles. The van der Waals surface area contributed by atoms with Crippen LogP contribution in [0.25, 0.3) is 5.69 Å². The summed E-state index contributed by atoms with van der Waals surface area (Å²) < 4.78 is 7.45. The molecule has 0 radical (unpaired) electrons. The molecule has 0 atom stereocenters. The number of hydrazone groups is 1. The molecule has 2 aromatic carbocycles. The molecule has 5 nitrogen and oxygen atoms in total. The predicted molar refractivity (Wildman–Crippen MR) is 118 cm³/mol. The molecule has 0 saturated heterocycles. The van der Waals surface area contributed by atoms with Crippen LogP contribution in [0.5, 0.6) is 5.75 Å². The van der Waals surface area contributed by atoms with Crippen molar-refractivity contribution in [3.05, 3.63) is 80.6 Å². The van der Waals surface area contributed by atoms with Gasteiger partial charge in [0.1, 0.15) is 5.75 Å². The van der Waals surface area contributed by atoms with Gasteiger partial charge in [0.25, 0.3) is 5.91 Å². The first-order chi connectivity index (χ1) is 13.8. The van der Waals surface area contributed by atoms with E-state index in [0.29, 0.717) is 20.8 Å². The third-order valence-corrected chi connectivity index (χ3v) is 4.95. The lowest BCUT2D eigenvalue weighted by molar-refractivity contribution is -0.123. The molecule has 0 bridgehead atoms. The van der Waals surface area contributed by atoms with Crippen LogP contribution in [0, 0.1) is 13.8 Å². The van der Waals surface area contributed by atoms with Crippen molar-refractivity contribution >= 4 is 46.9 Å². The molecule has 0 spiro atoms.